The van der Waals surface area contributed by atoms with E-state index in [-0.39, 0.29) is 6.54 Å². The fourth-order valence-electron chi connectivity index (χ4n) is 1.15. The minimum atomic E-state index is 0.278. The van der Waals surface area contributed by atoms with Crippen LogP contribution in [0.15, 0.2) is 15.5 Å². The highest BCUT2D eigenvalue weighted by atomic mass is 16.4. The molecule has 0 saturated carbocycles. The Kier molecular flexibility index (Phi) is 1.94. The molecule has 2 N–H and O–H groups in total. The highest BCUT2D eigenvalue weighted by Crippen LogP contribution is 2.17. The Morgan fingerprint density at radius 3 is 2.92 bits per heavy atom. The van der Waals surface area contributed by atoms with Crippen LogP contribution in [0.5, 0.6) is 0 Å². The summed E-state index contributed by atoms with van der Waals surface area (Å²) in [6.07, 6.45) is 1.94. The molecule has 1 aromatic heterocycles. The van der Waals surface area contributed by atoms with Gasteiger partial charge in [-0.25, -0.2) is 0 Å². The monoisotopic (exact) mass is 178 g/mol. The Morgan fingerprint density at radius 2 is 2.38 bits per heavy atom. The van der Waals surface area contributed by atoms with E-state index in [9.17, 15) is 0 Å². The number of rotatable bonds is 2. The lowest BCUT2D eigenvalue weighted by Gasteiger charge is -1.89. The third kappa shape index (κ3) is 1.50. The molecule has 0 unspecified atom stereocenters. The lowest BCUT2D eigenvalue weighted by atomic mass is 10.2. The first-order chi connectivity index (χ1) is 6.29. The third-order valence-electron chi connectivity index (χ3n) is 1.80. The number of hydrogen-bond acceptors (Lipinski definition) is 5. The van der Waals surface area contributed by atoms with Crippen molar-refractivity contribution in [2.45, 2.75) is 13.5 Å². The summed E-state index contributed by atoms with van der Waals surface area (Å²) in [5, 5.41) is 7.64. The first kappa shape index (κ1) is 8.12. The quantitative estimate of drug-likeness (QED) is 0.710. The van der Waals surface area contributed by atoms with E-state index in [1.165, 1.54) is 0 Å². The van der Waals surface area contributed by atoms with Crippen LogP contribution in [0, 0.1) is 0 Å². The number of nitrogens with zero attached hydrogens (tertiary/aromatic N) is 3. The summed E-state index contributed by atoms with van der Waals surface area (Å²) in [5.74, 6) is 0.988. The van der Waals surface area contributed by atoms with Crippen LogP contribution in [0.2, 0.25) is 0 Å². The third-order valence-corrected chi connectivity index (χ3v) is 1.80. The molecule has 13 heavy (non-hydrogen) atoms. The topological polar surface area (TPSA) is 77.3 Å². The number of allylic oxidation sites excluding steroid dienone is 1. The zero-order valence-corrected chi connectivity index (χ0v) is 7.32. The minimum Gasteiger partial charge on any atom is -0.420 e. The van der Waals surface area contributed by atoms with Gasteiger partial charge in [0.05, 0.1) is 13.1 Å². The van der Waals surface area contributed by atoms with E-state index < -0.39 is 0 Å². The summed E-state index contributed by atoms with van der Waals surface area (Å²) in [6, 6.07) is 0. The maximum atomic E-state index is 5.34. The van der Waals surface area contributed by atoms with Crippen molar-refractivity contribution in [3.63, 3.8) is 0 Å². The highest BCUT2D eigenvalue weighted by Gasteiger charge is 2.13. The van der Waals surface area contributed by atoms with Gasteiger partial charge in [0, 0.05) is 11.3 Å². The summed E-state index contributed by atoms with van der Waals surface area (Å²) in [7, 11) is 0. The molecule has 5 heteroatoms. The summed E-state index contributed by atoms with van der Waals surface area (Å²) < 4.78 is 5.28. The molecular formula is C8H10N4O. The molecule has 0 atom stereocenters. The number of aliphatic imine (C=N–C) groups is 1. The van der Waals surface area contributed by atoms with Crippen molar-refractivity contribution in [3.05, 3.63) is 17.9 Å². The molecule has 0 amide bonds. The van der Waals surface area contributed by atoms with Crippen molar-refractivity contribution in [2.24, 2.45) is 10.7 Å². The molecule has 0 bridgehead atoms. The van der Waals surface area contributed by atoms with E-state index >= 15 is 0 Å². The summed E-state index contributed by atoms with van der Waals surface area (Å²) in [6.45, 7) is 2.84. The maximum Gasteiger partial charge on any atom is 0.245 e. The Balaban J connectivity index is 2.23. The second kappa shape index (κ2) is 3.10. The Bertz CT molecular complexity index is 377. The van der Waals surface area contributed by atoms with E-state index in [0.717, 1.165) is 11.3 Å². The maximum absolute atomic E-state index is 5.34. The Morgan fingerprint density at radius 1 is 1.54 bits per heavy atom. The van der Waals surface area contributed by atoms with Crippen molar-refractivity contribution < 1.29 is 4.42 Å². The summed E-state index contributed by atoms with van der Waals surface area (Å²) in [4.78, 5) is 4.19. The van der Waals surface area contributed by atoms with Crippen LogP contribution >= 0.6 is 0 Å². The van der Waals surface area contributed by atoms with Gasteiger partial charge < -0.3 is 10.2 Å². The van der Waals surface area contributed by atoms with Crippen LogP contribution in [0.25, 0.3) is 5.57 Å². The summed E-state index contributed by atoms with van der Waals surface area (Å²) in [5.41, 5.74) is 7.30. The molecule has 0 aromatic carbocycles. The van der Waals surface area contributed by atoms with Crippen molar-refractivity contribution >= 4 is 11.3 Å². The van der Waals surface area contributed by atoms with Gasteiger partial charge in [-0.05, 0) is 13.0 Å². The van der Waals surface area contributed by atoms with Gasteiger partial charge in [0.25, 0.3) is 0 Å². The fourth-order valence-corrected chi connectivity index (χ4v) is 1.15. The molecule has 5 nitrogen and oxygen atoms in total. The SMILES string of the molecule is CC1=NCC(c2nnc(CN)o2)=C1. The second-order valence-corrected chi connectivity index (χ2v) is 2.83. The molecule has 1 aliphatic heterocycles. The van der Waals surface area contributed by atoms with E-state index in [1.807, 2.05) is 13.0 Å². The average molecular weight is 178 g/mol. The lowest BCUT2D eigenvalue weighted by Crippen LogP contribution is -1.95. The highest BCUT2D eigenvalue weighted by molar-refractivity contribution is 6.02. The smallest absolute Gasteiger partial charge is 0.245 e. The average Bonchev–Trinajstić information content (AvgIpc) is 2.71. The van der Waals surface area contributed by atoms with Crippen LogP contribution in [0.4, 0.5) is 0 Å². The normalized spacial score (nSPS) is 15.8. The van der Waals surface area contributed by atoms with E-state index in [0.29, 0.717) is 18.3 Å². The van der Waals surface area contributed by atoms with Crippen molar-refractivity contribution in [3.8, 4) is 0 Å². The minimum absolute atomic E-state index is 0.278. The molecule has 1 aromatic rings. The van der Waals surface area contributed by atoms with Crippen LogP contribution in [-0.2, 0) is 6.54 Å². The predicted octanol–water partition coefficient (Wildman–Crippen LogP) is 0.386. The molecule has 0 radical (unpaired) electrons. The molecule has 1 aliphatic rings. The zero-order chi connectivity index (χ0) is 9.26. The van der Waals surface area contributed by atoms with E-state index in [4.69, 9.17) is 10.2 Å². The zero-order valence-electron chi connectivity index (χ0n) is 7.32. The Labute approximate surface area is 75.4 Å². The van der Waals surface area contributed by atoms with Crippen LogP contribution in [0.3, 0.4) is 0 Å². The number of nitrogens with two attached hydrogens (primary N) is 1. The van der Waals surface area contributed by atoms with Crippen LogP contribution in [0.1, 0.15) is 18.7 Å². The molecule has 0 saturated heterocycles. The molecule has 2 rings (SSSR count). The van der Waals surface area contributed by atoms with Gasteiger partial charge in [-0.15, -0.1) is 10.2 Å². The Hall–Kier alpha value is -1.49. The first-order valence-corrected chi connectivity index (χ1v) is 4.04. The predicted molar refractivity (Wildman–Crippen MR) is 48.1 cm³/mol. The second-order valence-electron chi connectivity index (χ2n) is 2.83. The van der Waals surface area contributed by atoms with Gasteiger partial charge in [0.2, 0.25) is 11.8 Å². The van der Waals surface area contributed by atoms with Gasteiger partial charge in [0.15, 0.2) is 0 Å². The first-order valence-electron chi connectivity index (χ1n) is 4.04. The molecule has 0 fully saturated rings. The van der Waals surface area contributed by atoms with Crippen molar-refractivity contribution in [1.29, 1.82) is 0 Å². The van der Waals surface area contributed by atoms with Gasteiger partial charge in [-0.3, -0.25) is 4.99 Å². The van der Waals surface area contributed by atoms with Crippen molar-refractivity contribution in [2.75, 3.05) is 6.54 Å². The van der Waals surface area contributed by atoms with Gasteiger partial charge in [-0.1, -0.05) is 0 Å². The lowest BCUT2D eigenvalue weighted by molar-refractivity contribution is 0.484. The molecular weight excluding hydrogens is 168 g/mol. The van der Waals surface area contributed by atoms with Crippen molar-refractivity contribution in [1.82, 2.24) is 10.2 Å². The van der Waals surface area contributed by atoms with Crippen LogP contribution < -0.4 is 5.73 Å². The van der Waals surface area contributed by atoms with E-state index in [1.54, 1.807) is 0 Å². The number of aromatic nitrogens is 2. The molecule has 68 valence electrons. The van der Waals surface area contributed by atoms with Gasteiger partial charge >= 0.3 is 0 Å². The van der Waals surface area contributed by atoms with E-state index in [2.05, 4.69) is 15.2 Å². The van der Waals surface area contributed by atoms with Crippen LogP contribution in [-0.4, -0.2) is 22.5 Å². The molecule has 0 aliphatic carbocycles. The fraction of sp³-hybridized carbons (Fsp3) is 0.375. The summed E-state index contributed by atoms with van der Waals surface area (Å²) >= 11 is 0. The number of hydrogen-bond donors (Lipinski definition) is 1. The molecule has 0 spiro atoms. The van der Waals surface area contributed by atoms with Gasteiger partial charge in [-0.2, -0.15) is 0 Å². The van der Waals surface area contributed by atoms with Gasteiger partial charge in [0.1, 0.15) is 0 Å². The standard InChI is InChI=1S/C8H10N4O/c1-5-2-6(4-10-5)8-12-11-7(3-9)13-8/h2H,3-4,9H2,1H3. The largest absolute Gasteiger partial charge is 0.420 e. The molecule has 2 heterocycles.